The fraction of sp³-hybridized carbons (Fsp3) is 0.824. The van der Waals surface area contributed by atoms with Crippen LogP contribution in [0.5, 0.6) is 5.75 Å². The van der Waals surface area contributed by atoms with E-state index in [9.17, 15) is 0 Å². The third-order valence-electron chi connectivity index (χ3n) is 9.40. The average molecular weight is 483 g/mol. The summed E-state index contributed by atoms with van der Waals surface area (Å²) in [5.74, 6) is 5.05. The second-order valence-electron chi connectivity index (χ2n) is 12.3. The van der Waals surface area contributed by atoms with Crippen molar-refractivity contribution in [1.29, 1.82) is 0 Å². The van der Waals surface area contributed by atoms with Gasteiger partial charge in [-0.1, -0.05) is 135 Å². The molecule has 0 bridgehead atoms. The van der Waals surface area contributed by atoms with Crippen molar-refractivity contribution >= 4 is 0 Å². The number of benzene rings is 1. The maximum absolute atomic E-state index is 6.09. The highest BCUT2D eigenvalue weighted by atomic mass is 16.5. The molecule has 0 amide bonds. The molecule has 0 aliphatic heterocycles. The molecule has 2 aliphatic rings. The molecular formula is C34H58O. The SMILES string of the molecule is CCCCCCC[C@H]1CC[C@H](CCc2ccc(OCCC[C@H]3CC[C@H](CCCC)CC3)cc2)CC1. The van der Waals surface area contributed by atoms with Gasteiger partial charge < -0.3 is 4.74 Å². The highest BCUT2D eigenvalue weighted by molar-refractivity contribution is 5.27. The Balaban J connectivity index is 1.20. The van der Waals surface area contributed by atoms with Gasteiger partial charge in [0.2, 0.25) is 0 Å². The maximum atomic E-state index is 6.09. The molecule has 0 spiro atoms. The minimum absolute atomic E-state index is 0.886. The summed E-state index contributed by atoms with van der Waals surface area (Å²) in [5.41, 5.74) is 1.50. The van der Waals surface area contributed by atoms with Gasteiger partial charge in [0.25, 0.3) is 0 Å². The van der Waals surface area contributed by atoms with Crippen LogP contribution in [0, 0.1) is 23.7 Å². The normalized spacial score (nSPS) is 25.0. The fourth-order valence-electron chi connectivity index (χ4n) is 6.83. The van der Waals surface area contributed by atoms with Crippen molar-refractivity contribution in [3.8, 4) is 5.75 Å². The van der Waals surface area contributed by atoms with Gasteiger partial charge in [0.15, 0.2) is 0 Å². The Hall–Kier alpha value is -0.980. The van der Waals surface area contributed by atoms with E-state index in [0.29, 0.717) is 0 Å². The summed E-state index contributed by atoms with van der Waals surface area (Å²) in [6.07, 6.45) is 30.0. The van der Waals surface area contributed by atoms with Gasteiger partial charge in [-0.05, 0) is 67.1 Å². The van der Waals surface area contributed by atoms with Crippen LogP contribution in [0.2, 0.25) is 0 Å². The van der Waals surface area contributed by atoms with Crippen LogP contribution < -0.4 is 4.74 Å². The first-order valence-corrected chi connectivity index (χ1v) is 16.0. The second-order valence-corrected chi connectivity index (χ2v) is 12.3. The van der Waals surface area contributed by atoms with Crippen molar-refractivity contribution in [2.24, 2.45) is 23.7 Å². The van der Waals surface area contributed by atoms with Crippen molar-refractivity contribution in [3.63, 3.8) is 0 Å². The first-order valence-electron chi connectivity index (χ1n) is 16.0. The van der Waals surface area contributed by atoms with E-state index in [4.69, 9.17) is 4.74 Å². The summed E-state index contributed by atoms with van der Waals surface area (Å²) < 4.78 is 6.09. The van der Waals surface area contributed by atoms with Crippen LogP contribution in [0.25, 0.3) is 0 Å². The zero-order valence-corrected chi connectivity index (χ0v) is 23.6. The molecular weight excluding hydrogens is 424 g/mol. The first-order chi connectivity index (χ1) is 17.3. The Kier molecular flexibility index (Phi) is 14.3. The third-order valence-corrected chi connectivity index (χ3v) is 9.40. The van der Waals surface area contributed by atoms with Crippen LogP contribution in [0.3, 0.4) is 0 Å². The Morgan fingerprint density at radius 1 is 0.543 bits per heavy atom. The van der Waals surface area contributed by atoms with Crippen molar-refractivity contribution in [2.75, 3.05) is 6.61 Å². The molecule has 1 aromatic carbocycles. The predicted octanol–water partition coefficient (Wildman–Crippen LogP) is 10.9. The van der Waals surface area contributed by atoms with Crippen LogP contribution in [0.15, 0.2) is 24.3 Å². The summed E-state index contributed by atoms with van der Waals surface area (Å²) in [4.78, 5) is 0. The van der Waals surface area contributed by atoms with E-state index in [1.807, 2.05) is 0 Å². The molecule has 0 radical (unpaired) electrons. The molecule has 0 aromatic heterocycles. The Morgan fingerprint density at radius 2 is 1.03 bits per heavy atom. The predicted molar refractivity (Wildman–Crippen MR) is 153 cm³/mol. The van der Waals surface area contributed by atoms with E-state index in [1.165, 1.54) is 140 Å². The smallest absolute Gasteiger partial charge is 0.119 e. The minimum Gasteiger partial charge on any atom is -0.494 e. The molecule has 200 valence electrons. The molecule has 1 nitrogen and oxygen atoms in total. The lowest BCUT2D eigenvalue weighted by molar-refractivity contribution is 0.228. The molecule has 2 saturated carbocycles. The van der Waals surface area contributed by atoms with Gasteiger partial charge in [0, 0.05) is 0 Å². The molecule has 0 heterocycles. The van der Waals surface area contributed by atoms with Crippen LogP contribution >= 0.6 is 0 Å². The molecule has 2 fully saturated rings. The van der Waals surface area contributed by atoms with E-state index in [2.05, 4.69) is 38.1 Å². The van der Waals surface area contributed by atoms with E-state index in [1.54, 1.807) is 0 Å². The highest BCUT2D eigenvalue weighted by Gasteiger charge is 2.21. The zero-order chi connectivity index (χ0) is 24.6. The molecule has 0 unspecified atom stereocenters. The van der Waals surface area contributed by atoms with Gasteiger partial charge >= 0.3 is 0 Å². The number of hydrogen-bond acceptors (Lipinski definition) is 1. The van der Waals surface area contributed by atoms with Gasteiger partial charge in [-0.2, -0.15) is 0 Å². The summed E-state index contributed by atoms with van der Waals surface area (Å²) in [5, 5.41) is 0. The van der Waals surface area contributed by atoms with Crippen LogP contribution in [-0.4, -0.2) is 6.61 Å². The van der Waals surface area contributed by atoms with Gasteiger partial charge in [-0.3, -0.25) is 0 Å². The molecule has 0 saturated heterocycles. The van der Waals surface area contributed by atoms with Gasteiger partial charge in [0.05, 0.1) is 6.61 Å². The summed E-state index contributed by atoms with van der Waals surface area (Å²) in [6.45, 7) is 5.52. The molecule has 1 heteroatoms. The lowest BCUT2D eigenvalue weighted by Crippen LogP contribution is -2.15. The Labute approximate surface area is 219 Å². The van der Waals surface area contributed by atoms with Gasteiger partial charge in [-0.25, -0.2) is 0 Å². The number of unbranched alkanes of at least 4 members (excludes halogenated alkanes) is 5. The van der Waals surface area contributed by atoms with E-state index < -0.39 is 0 Å². The Morgan fingerprint density at radius 3 is 1.60 bits per heavy atom. The van der Waals surface area contributed by atoms with Crippen molar-refractivity contribution in [2.45, 2.75) is 149 Å². The first kappa shape index (κ1) is 28.6. The quantitative estimate of drug-likeness (QED) is 0.201. The van der Waals surface area contributed by atoms with E-state index in [-0.39, 0.29) is 0 Å². The Bertz CT molecular complexity index is 618. The fourth-order valence-corrected chi connectivity index (χ4v) is 6.83. The number of hydrogen-bond donors (Lipinski definition) is 0. The minimum atomic E-state index is 0.886. The molecule has 0 N–H and O–H groups in total. The molecule has 3 rings (SSSR count). The summed E-state index contributed by atoms with van der Waals surface area (Å²) >= 11 is 0. The largest absolute Gasteiger partial charge is 0.494 e. The number of rotatable bonds is 17. The van der Waals surface area contributed by atoms with Crippen LogP contribution in [0.1, 0.15) is 148 Å². The summed E-state index contributed by atoms with van der Waals surface area (Å²) in [6, 6.07) is 9.05. The van der Waals surface area contributed by atoms with E-state index in [0.717, 1.165) is 36.0 Å². The topological polar surface area (TPSA) is 9.23 Å². The van der Waals surface area contributed by atoms with Gasteiger partial charge in [0.1, 0.15) is 5.75 Å². The monoisotopic (exact) mass is 482 g/mol. The maximum Gasteiger partial charge on any atom is 0.119 e. The highest BCUT2D eigenvalue weighted by Crippen LogP contribution is 2.35. The molecule has 35 heavy (non-hydrogen) atoms. The third kappa shape index (κ3) is 11.7. The second kappa shape index (κ2) is 17.5. The number of ether oxygens (including phenoxy) is 1. The lowest BCUT2D eigenvalue weighted by Gasteiger charge is -2.28. The lowest BCUT2D eigenvalue weighted by atomic mass is 9.78. The standard InChI is InChI=1S/C34H58O/c1-3-5-7-8-9-12-30-18-20-32(21-19-30)22-23-33-24-26-34(27-25-33)35-28-10-13-31-16-14-29(15-17-31)11-6-4-2/h24-27,29-32H,3-23,28H2,1-2H3/t29-,30-,31-,32-. The van der Waals surface area contributed by atoms with Gasteiger partial charge in [-0.15, -0.1) is 0 Å². The van der Waals surface area contributed by atoms with E-state index >= 15 is 0 Å². The zero-order valence-electron chi connectivity index (χ0n) is 23.6. The molecule has 0 atom stereocenters. The number of aryl methyl sites for hydroxylation is 1. The average Bonchev–Trinajstić information content (AvgIpc) is 2.90. The van der Waals surface area contributed by atoms with Crippen molar-refractivity contribution < 1.29 is 4.74 Å². The molecule has 1 aromatic rings. The molecule has 2 aliphatic carbocycles. The van der Waals surface area contributed by atoms with Crippen LogP contribution in [-0.2, 0) is 6.42 Å². The summed E-state index contributed by atoms with van der Waals surface area (Å²) in [7, 11) is 0. The van der Waals surface area contributed by atoms with Crippen molar-refractivity contribution in [3.05, 3.63) is 29.8 Å². The van der Waals surface area contributed by atoms with Crippen LogP contribution in [0.4, 0.5) is 0 Å². The van der Waals surface area contributed by atoms with Crippen molar-refractivity contribution in [1.82, 2.24) is 0 Å².